The van der Waals surface area contributed by atoms with Crippen LogP contribution < -0.4 is 0 Å². The van der Waals surface area contributed by atoms with Crippen LogP contribution in [-0.2, 0) is 11.8 Å². The Labute approximate surface area is 143 Å². The van der Waals surface area contributed by atoms with E-state index < -0.39 is 0 Å². The highest BCUT2D eigenvalue weighted by molar-refractivity contribution is 5.92. The van der Waals surface area contributed by atoms with E-state index in [-0.39, 0.29) is 11.5 Å². The molecule has 2 saturated heterocycles. The number of aromatic nitrogens is 1. The van der Waals surface area contributed by atoms with Gasteiger partial charge in [-0.25, -0.2) is 0 Å². The third-order valence-corrected chi connectivity index (χ3v) is 5.47. The van der Waals surface area contributed by atoms with Crippen LogP contribution >= 0.6 is 0 Å². The summed E-state index contributed by atoms with van der Waals surface area (Å²) in [6.45, 7) is 2.29. The normalized spacial score (nSPS) is 26.9. The van der Waals surface area contributed by atoms with E-state index >= 15 is 0 Å². The molecule has 2 fully saturated rings. The van der Waals surface area contributed by atoms with Gasteiger partial charge in [0.2, 0.25) is 0 Å². The van der Waals surface area contributed by atoms with Crippen molar-refractivity contribution >= 4 is 5.91 Å². The summed E-state index contributed by atoms with van der Waals surface area (Å²) in [6, 6.07) is 14.4. The van der Waals surface area contributed by atoms with E-state index in [1.54, 1.807) is 0 Å². The van der Waals surface area contributed by atoms with E-state index in [9.17, 15) is 4.79 Å². The SMILES string of the molecule is Cn1cccc1C(=O)N1CCCC2(CC(c3ccccc3)CO2)C1. The average molecular weight is 324 g/mol. The first-order valence-corrected chi connectivity index (χ1v) is 8.76. The second kappa shape index (κ2) is 6.10. The average Bonchev–Trinajstić information content (AvgIpc) is 3.22. The summed E-state index contributed by atoms with van der Waals surface area (Å²) in [6.07, 6.45) is 4.99. The number of carbonyl (C=O) groups is 1. The number of nitrogens with zero attached hydrogens (tertiary/aromatic N) is 2. The predicted octanol–water partition coefficient (Wildman–Crippen LogP) is 3.20. The molecule has 24 heavy (non-hydrogen) atoms. The van der Waals surface area contributed by atoms with Crippen LogP contribution in [0.3, 0.4) is 0 Å². The van der Waals surface area contributed by atoms with Gasteiger partial charge in [-0.05, 0) is 37.0 Å². The van der Waals surface area contributed by atoms with Gasteiger partial charge in [0.05, 0.1) is 18.8 Å². The standard InChI is InChI=1S/C20H24N2O2/c1-21-11-5-9-18(21)19(23)22-12-6-10-20(15-22)13-17(14-24-20)16-7-3-2-4-8-16/h2-5,7-9,11,17H,6,10,12-15H2,1H3. The molecule has 0 bridgehead atoms. The number of amides is 1. The molecule has 3 heterocycles. The van der Waals surface area contributed by atoms with Crippen LogP contribution in [0, 0.1) is 0 Å². The first-order valence-electron chi connectivity index (χ1n) is 8.76. The van der Waals surface area contributed by atoms with Gasteiger partial charge in [0.15, 0.2) is 0 Å². The first-order chi connectivity index (χ1) is 11.7. The van der Waals surface area contributed by atoms with Crippen molar-refractivity contribution < 1.29 is 9.53 Å². The topological polar surface area (TPSA) is 34.5 Å². The summed E-state index contributed by atoms with van der Waals surface area (Å²) >= 11 is 0. The molecule has 0 saturated carbocycles. The van der Waals surface area contributed by atoms with Gasteiger partial charge in [-0.3, -0.25) is 4.79 Å². The van der Waals surface area contributed by atoms with Gasteiger partial charge in [-0.1, -0.05) is 30.3 Å². The van der Waals surface area contributed by atoms with Gasteiger partial charge >= 0.3 is 0 Å². The molecule has 0 aliphatic carbocycles. The smallest absolute Gasteiger partial charge is 0.270 e. The third kappa shape index (κ3) is 2.75. The van der Waals surface area contributed by atoms with Gasteiger partial charge in [-0.15, -0.1) is 0 Å². The van der Waals surface area contributed by atoms with Crippen molar-refractivity contribution in [3.8, 4) is 0 Å². The molecule has 4 nitrogen and oxygen atoms in total. The zero-order valence-electron chi connectivity index (χ0n) is 14.1. The quantitative estimate of drug-likeness (QED) is 0.850. The van der Waals surface area contributed by atoms with Gasteiger partial charge in [-0.2, -0.15) is 0 Å². The lowest BCUT2D eigenvalue weighted by atomic mass is 9.84. The van der Waals surface area contributed by atoms with E-state index in [1.165, 1.54) is 5.56 Å². The molecular weight excluding hydrogens is 300 g/mol. The predicted molar refractivity (Wildman–Crippen MR) is 93.0 cm³/mol. The number of piperidine rings is 1. The highest BCUT2D eigenvalue weighted by atomic mass is 16.5. The molecule has 1 spiro atoms. The molecule has 4 heteroatoms. The number of likely N-dealkylation sites (tertiary alicyclic amines) is 1. The summed E-state index contributed by atoms with van der Waals surface area (Å²) in [5, 5.41) is 0. The van der Waals surface area contributed by atoms with Crippen molar-refractivity contribution in [2.24, 2.45) is 7.05 Å². The third-order valence-electron chi connectivity index (χ3n) is 5.47. The van der Waals surface area contributed by atoms with Gasteiger partial charge < -0.3 is 14.2 Å². The largest absolute Gasteiger partial charge is 0.372 e. The minimum Gasteiger partial charge on any atom is -0.372 e. The van der Waals surface area contributed by atoms with Crippen LogP contribution in [-0.4, -0.2) is 40.7 Å². The van der Waals surface area contributed by atoms with Crippen molar-refractivity contribution in [1.82, 2.24) is 9.47 Å². The molecule has 0 radical (unpaired) electrons. The molecule has 2 atom stereocenters. The lowest BCUT2D eigenvalue weighted by Crippen LogP contribution is -2.50. The lowest BCUT2D eigenvalue weighted by molar-refractivity contribution is -0.0449. The van der Waals surface area contributed by atoms with Gasteiger partial charge in [0.25, 0.3) is 5.91 Å². The highest BCUT2D eigenvalue weighted by Gasteiger charge is 2.45. The van der Waals surface area contributed by atoms with E-state index in [4.69, 9.17) is 4.74 Å². The zero-order chi connectivity index (χ0) is 16.6. The highest BCUT2D eigenvalue weighted by Crippen LogP contribution is 2.41. The Bertz CT molecular complexity index is 724. The summed E-state index contributed by atoms with van der Waals surface area (Å²) in [5.41, 5.74) is 1.93. The fourth-order valence-electron chi connectivity index (χ4n) is 4.18. The maximum Gasteiger partial charge on any atom is 0.270 e. The molecular formula is C20H24N2O2. The van der Waals surface area contributed by atoms with E-state index in [1.807, 2.05) is 34.8 Å². The van der Waals surface area contributed by atoms with Crippen LogP contribution in [0.25, 0.3) is 0 Å². The molecule has 2 aliphatic heterocycles. The Morgan fingerprint density at radius 3 is 2.79 bits per heavy atom. The number of benzene rings is 1. The van der Waals surface area contributed by atoms with Gasteiger partial charge in [0.1, 0.15) is 5.69 Å². The van der Waals surface area contributed by atoms with Gasteiger partial charge in [0, 0.05) is 25.7 Å². The molecule has 1 aromatic carbocycles. The Hall–Kier alpha value is -2.07. The second-order valence-corrected chi connectivity index (χ2v) is 7.14. The minimum absolute atomic E-state index is 0.119. The Morgan fingerprint density at radius 1 is 1.21 bits per heavy atom. The molecule has 2 aliphatic rings. The first kappa shape index (κ1) is 15.5. The maximum absolute atomic E-state index is 12.8. The number of hydrogen-bond acceptors (Lipinski definition) is 2. The molecule has 4 rings (SSSR count). The number of carbonyl (C=O) groups excluding carboxylic acids is 1. The molecule has 1 amide bonds. The Kier molecular flexibility index (Phi) is 3.93. The van der Waals surface area contributed by atoms with Crippen molar-refractivity contribution in [2.45, 2.75) is 30.8 Å². The van der Waals surface area contributed by atoms with Crippen LogP contribution in [0.15, 0.2) is 48.7 Å². The number of aryl methyl sites for hydroxylation is 1. The van der Waals surface area contributed by atoms with E-state index in [2.05, 4.69) is 30.3 Å². The van der Waals surface area contributed by atoms with E-state index in [0.29, 0.717) is 12.5 Å². The lowest BCUT2D eigenvalue weighted by Gasteiger charge is -2.39. The molecule has 1 aromatic heterocycles. The minimum atomic E-state index is -0.167. The number of hydrogen-bond donors (Lipinski definition) is 0. The van der Waals surface area contributed by atoms with Crippen molar-refractivity contribution in [3.05, 3.63) is 59.9 Å². The Balaban J connectivity index is 1.49. The summed E-state index contributed by atoms with van der Waals surface area (Å²) in [4.78, 5) is 14.8. The fourth-order valence-corrected chi connectivity index (χ4v) is 4.18. The summed E-state index contributed by atoms with van der Waals surface area (Å²) < 4.78 is 8.17. The monoisotopic (exact) mass is 324 g/mol. The van der Waals surface area contributed by atoms with Crippen LogP contribution in [0.1, 0.15) is 41.2 Å². The maximum atomic E-state index is 12.8. The van der Waals surface area contributed by atoms with Crippen molar-refractivity contribution in [2.75, 3.05) is 19.7 Å². The van der Waals surface area contributed by atoms with Crippen LogP contribution in [0.5, 0.6) is 0 Å². The molecule has 0 N–H and O–H groups in total. The number of rotatable bonds is 2. The fraction of sp³-hybridized carbons (Fsp3) is 0.450. The number of ether oxygens (including phenoxy) is 1. The van der Waals surface area contributed by atoms with Crippen LogP contribution in [0.4, 0.5) is 0 Å². The molecule has 2 aromatic rings. The van der Waals surface area contributed by atoms with Crippen molar-refractivity contribution in [1.29, 1.82) is 0 Å². The van der Waals surface area contributed by atoms with Crippen LogP contribution in [0.2, 0.25) is 0 Å². The van der Waals surface area contributed by atoms with E-state index in [0.717, 1.165) is 38.1 Å². The summed E-state index contributed by atoms with van der Waals surface area (Å²) in [5.74, 6) is 0.560. The Morgan fingerprint density at radius 2 is 2.04 bits per heavy atom. The molecule has 2 unspecified atom stereocenters. The zero-order valence-corrected chi connectivity index (χ0v) is 14.1. The second-order valence-electron chi connectivity index (χ2n) is 7.14. The molecule has 126 valence electrons. The summed E-state index contributed by atoms with van der Waals surface area (Å²) in [7, 11) is 1.92. The van der Waals surface area contributed by atoms with Crippen molar-refractivity contribution in [3.63, 3.8) is 0 Å².